The molecule has 6 heteroatoms. The fourth-order valence-corrected chi connectivity index (χ4v) is 5.61. The van der Waals surface area contributed by atoms with Gasteiger partial charge in [0.25, 0.3) is 5.91 Å². The zero-order valence-corrected chi connectivity index (χ0v) is 16.5. The second-order valence-electron chi connectivity index (χ2n) is 8.83. The van der Waals surface area contributed by atoms with Gasteiger partial charge in [0.2, 0.25) is 5.96 Å². The number of carbonyl (C=O) groups excluding carboxylic acids is 2. The predicted octanol–water partition coefficient (Wildman–Crippen LogP) is 2.52. The lowest BCUT2D eigenvalue weighted by Gasteiger charge is -2.41. The number of amides is 1. The number of nitrogens with zero attached hydrogens (tertiary/aromatic N) is 2. The van der Waals surface area contributed by atoms with E-state index in [9.17, 15) is 9.59 Å². The van der Waals surface area contributed by atoms with Crippen molar-refractivity contribution in [3.8, 4) is 0 Å². The molecule has 0 aromatic carbocycles. The monoisotopic (exact) mass is 375 g/mol. The normalized spacial score (nSPS) is 36.8. The van der Waals surface area contributed by atoms with Crippen LogP contribution in [-0.4, -0.2) is 54.9 Å². The molecule has 5 unspecified atom stereocenters. The van der Waals surface area contributed by atoms with Crippen LogP contribution in [0.3, 0.4) is 0 Å². The molecule has 4 rings (SSSR count). The number of guanidine groups is 1. The number of aliphatic imine (C=N–C) groups is 1. The molecule has 0 bridgehead atoms. The number of ketones is 1. The zero-order valence-electron chi connectivity index (χ0n) is 16.5. The van der Waals surface area contributed by atoms with Crippen LogP contribution in [0.25, 0.3) is 0 Å². The van der Waals surface area contributed by atoms with E-state index in [1.54, 1.807) is 7.11 Å². The van der Waals surface area contributed by atoms with Crippen LogP contribution in [0.2, 0.25) is 0 Å². The highest BCUT2D eigenvalue weighted by atomic mass is 16.5. The first kappa shape index (κ1) is 18.9. The van der Waals surface area contributed by atoms with Crippen LogP contribution < -0.4 is 5.32 Å². The standard InChI is InChI=1S/C21H33N3O3/c1-27-19-9-5-4-8-16(19)18(25)12-17-20(26)23-21(22-17)24-11-10-14-6-2-3-7-15(14)13-24/h14-17,19H,2-13H2,1H3,(H,22,23,26). The molecule has 2 saturated carbocycles. The summed E-state index contributed by atoms with van der Waals surface area (Å²) in [5, 5.41) is 2.96. The van der Waals surface area contributed by atoms with Crippen molar-refractivity contribution in [2.24, 2.45) is 22.7 Å². The van der Waals surface area contributed by atoms with Gasteiger partial charge < -0.3 is 9.64 Å². The summed E-state index contributed by atoms with van der Waals surface area (Å²) in [6, 6.07) is -0.559. The number of ether oxygens (including phenoxy) is 1. The van der Waals surface area contributed by atoms with Gasteiger partial charge >= 0.3 is 0 Å². The van der Waals surface area contributed by atoms with Crippen LogP contribution in [0.5, 0.6) is 0 Å². The molecule has 27 heavy (non-hydrogen) atoms. The number of Topliss-reactive ketones (excluding diaryl/α,β-unsaturated/α-hetero) is 1. The van der Waals surface area contributed by atoms with Crippen LogP contribution in [0, 0.1) is 17.8 Å². The topological polar surface area (TPSA) is 71.0 Å². The Morgan fingerprint density at radius 3 is 2.67 bits per heavy atom. The first-order valence-corrected chi connectivity index (χ1v) is 10.8. The fraction of sp³-hybridized carbons (Fsp3) is 0.857. The number of fused-ring (bicyclic) bond motifs is 1. The Labute approximate surface area is 162 Å². The highest BCUT2D eigenvalue weighted by Crippen LogP contribution is 2.36. The molecular weight excluding hydrogens is 342 g/mol. The number of hydrogen-bond donors (Lipinski definition) is 1. The number of carbonyl (C=O) groups is 2. The van der Waals surface area contributed by atoms with Gasteiger partial charge in [-0.05, 0) is 37.5 Å². The van der Waals surface area contributed by atoms with E-state index < -0.39 is 6.04 Å². The number of hydrogen-bond acceptors (Lipinski definition) is 5. The van der Waals surface area contributed by atoms with E-state index in [0.717, 1.165) is 50.6 Å². The first-order valence-electron chi connectivity index (χ1n) is 10.8. The van der Waals surface area contributed by atoms with Crippen LogP contribution in [-0.2, 0) is 14.3 Å². The van der Waals surface area contributed by atoms with Crippen molar-refractivity contribution in [2.75, 3.05) is 20.2 Å². The van der Waals surface area contributed by atoms with E-state index in [1.807, 2.05) is 0 Å². The van der Waals surface area contributed by atoms with E-state index >= 15 is 0 Å². The third kappa shape index (κ3) is 4.05. The second-order valence-corrected chi connectivity index (χ2v) is 8.83. The summed E-state index contributed by atoms with van der Waals surface area (Å²) in [4.78, 5) is 32.1. The molecule has 4 aliphatic rings. The predicted molar refractivity (Wildman–Crippen MR) is 103 cm³/mol. The first-order chi connectivity index (χ1) is 13.2. The van der Waals surface area contributed by atoms with Gasteiger partial charge in [-0.2, -0.15) is 0 Å². The lowest BCUT2D eigenvalue weighted by Crippen LogP contribution is -2.49. The smallest absolute Gasteiger partial charge is 0.252 e. The summed E-state index contributed by atoms with van der Waals surface area (Å²) in [6.07, 6.45) is 10.8. The number of methoxy groups -OCH3 is 1. The molecule has 0 spiro atoms. The van der Waals surface area contributed by atoms with Crippen molar-refractivity contribution in [3.05, 3.63) is 0 Å². The summed E-state index contributed by atoms with van der Waals surface area (Å²) in [6.45, 7) is 1.97. The molecule has 2 heterocycles. The molecular formula is C21H33N3O3. The maximum absolute atomic E-state index is 12.8. The van der Waals surface area contributed by atoms with Crippen LogP contribution in [0.4, 0.5) is 0 Å². The molecule has 1 amide bonds. The van der Waals surface area contributed by atoms with Crippen molar-refractivity contribution < 1.29 is 14.3 Å². The van der Waals surface area contributed by atoms with Crippen molar-refractivity contribution in [2.45, 2.75) is 76.4 Å². The Hall–Kier alpha value is -1.43. The Morgan fingerprint density at radius 1 is 1.11 bits per heavy atom. The number of likely N-dealkylation sites (tertiary alicyclic amines) is 1. The Morgan fingerprint density at radius 2 is 1.85 bits per heavy atom. The highest BCUT2D eigenvalue weighted by Gasteiger charge is 2.38. The molecule has 150 valence electrons. The van der Waals surface area contributed by atoms with Gasteiger partial charge in [-0.1, -0.05) is 32.1 Å². The van der Waals surface area contributed by atoms with E-state index in [-0.39, 0.29) is 30.1 Å². The van der Waals surface area contributed by atoms with Crippen molar-refractivity contribution >= 4 is 17.6 Å². The Kier molecular flexibility index (Phi) is 5.81. The minimum atomic E-state index is -0.559. The van der Waals surface area contributed by atoms with Gasteiger partial charge in [0.05, 0.1) is 6.10 Å². The Balaban J connectivity index is 1.37. The molecule has 1 saturated heterocycles. The maximum atomic E-state index is 12.8. The van der Waals surface area contributed by atoms with Crippen LogP contribution >= 0.6 is 0 Å². The summed E-state index contributed by atoms with van der Waals surface area (Å²) < 4.78 is 5.52. The highest BCUT2D eigenvalue weighted by molar-refractivity contribution is 6.06. The number of piperidine rings is 1. The summed E-state index contributed by atoms with van der Waals surface area (Å²) in [5.41, 5.74) is 0. The molecule has 0 aromatic heterocycles. The minimum Gasteiger partial charge on any atom is -0.381 e. The fourth-order valence-electron chi connectivity index (χ4n) is 5.61. The van der Waals surface area contributed by atoms with E-state index in [0.29, 0.717) is 5.96 Å². The third-order valence-corrected chi connectivity index (χ3v) is 7.22. The SMILES string of the molecule is COC1CCCCC1C(=O)CC1N=C(N2CCC3CCCCC3C2)NC1=O. The van der Waals surface area contributed by atoms with Gasteiger partial charge in [-0.25, -0.2) is 4.99 Å². The molecule has 5 atom stereocenters. The molecule has 2 aliphatic carbocycles. The van der Waals surface area contributed by atoms with Gasteiger partial charge in [-0.15, -0.1) is 0 Å². The van der Waals surface area contributed by atoms with Gasteiger partial charge in [0.1, 0.15) is 11.8 Å². The van der Waals surface area contributed by atoms with Crippen LogP contribution in [0.1, 0.15) is 64.2 Å². The van der Waals surface area contributed by atoms with E-state index in [2.05, 4.69) is 15.2 Å². The van der Waals surface area contributed by atoms with E-state index in [4.69, 9.17) is 4.74 Å². The number of nitrogens with one attached hydrogen (secondary N) is 1. The average Bonchev–Trinajstić information content (AvgIpc) is 3.07. The quantitative estimate of drug-likeness (QED) is 0.820. The third-order valence-electron chi connectivity index (χ3n) is 7.22. The van der Waals surface area contributed by atoms with Gasteiger partial charge in [-0.3, -0.25) is 14.9 Å². The largest absolute Gasteiger partial charge is 0.381 e. The summed E-state index contributed by atoms with van der Waals surface area (Å²) >= 11 is 0. The molecule has 1 N–H and O–H groups in total. The zero-order chi connectivity index (χ0) is 18.8. The Bertz CT molecular complexity index is 605. The second kappa shape index (κ2) is 8.29. The van der Waals surface area contributed by atoms with Crippen molar-refractivity contribution in [3.63, 3.8) is 0 Å². The van der Waals surface area contributed by atoms with Gasteiger partial charge in [0.15, 0.2) is 0 Å². The van der Waals surface area contributed by atoms with Crippen LogP contribution in [0.15, 0.2) is 4.99 Å². The lowest BCUT2D eigenvalue weighted by molar-refractivity contribution is -0.132. The van der Waals surface area contributed by atoms with E-state index in [1.165, 1.54) is 32.1 Å². The summed E-state index contributed by atoms with van der Waals surface area (Å²) in [7, 11) is 1.68. The number of rotatable bonds is 4. The molecule has 3 fully saturated rings. The van der Waals surface area contributed by atoms with Crippen molar-refractivity contribution in [1.29, 1.82) is 0 Å². The molecule has 0 radical (unpaired) electrons. The molecule has 6 nitrogen and oxygen atoms in total. The minimum absolute atomic E-state index is 0.00416. The van der Waals surface area contributed by atoms with Gasteiger partial charge in [0, 0.05) is 32.5 Å². The summed E-state index contributed by atoms with van der Waals surface area (Å²) in [5.74, 6) is 2.23. The molecule has 0 aromatic rings. The van der Waals surface area contributed by atoms with Crippen molar-refractivity contribution in [1.82, 2.24) is 10.2 Å². The molecule has 2 aliphatic heterocycles. The lowest BCUT2D eigenvalue weighted by atomic mass is 9.75. The maximum Gasteiger partial charge on any atom is 0.252 e. The average molecular weight is 376 g/mol.